The first-order chi connectivity index (χ1) is 9.42. The maximum Gasteiger partial charge on any atom is 0.222 e. The molecule has 4 heteroatoms. The van der Waals surface area contributed by atoms with Gasteiger partial charge in [0.25, 0.3) is 0 Å². The lowest BCUT2D eigenvalue weighted by molar-refractivity contribution is -0.133. The van der Waals surface area contributed by atoms with Gasteiger partial charge in [0.1, 0.15) is 0 Å². The highest BCUT2D eigenvalue weighted by molar-refractivity contribution is 5.76. The number of nitrogens with two attached hydrogens (primary N) is 1. The maximum absolute atomic E-state index is 12.1. The minimum atomic E-state index is 0.331. The molecular weight excluding hydrogens is 250 g/mol. The number of carbonyl (C=O) groups excluding carboxylic acids is 1. The Morgan fingerprint density at radius 1 is 1.05 bits per heavy atom. The average molecular weight is 283 g/mol. The van der Waals surface area contributed by atoms with Gasteiger partial charge in [0.2, 0.25) is 5.91 Å². The standard InChI is InChI=1S/C16H33N3O/c1-16(2,3)8-10-18-11-13-19(14-12-18)15(20)7-5-4-6-9-17/h4-14,17H2,1-3H3. The fourth-order valence-electron chi connectivity index (χ4n) is 2.47. The molecule has 0 bridgehead atoms. The Morgan fingerprint density at radius 3 is 2.25 bits per heavy atom. The molecule has 4 nitrogen and oxygen atoms in total. The highest BCUT2D eigenvalue weighted by atomic mass is 16.2. The minimum absolute atomic E-state index is 0.331. The van der Waals surface area contributed by atoms with E-state index in [2.05, 4.69) is 25.7 Å². The van der Waals surface area contributed by atoms with Crippen LogP contribution in [0.15, 0.2) is 0 Å². The molecule has 0 spiro atoms. The average Bonchev–Trinajstić information content (AvgIpc) is 2.41. The van der Waals surface area contributed by atoms with Crippen molar-refractivity contribution in [2.24, 2.45) is 11.1 Å². The number of amides is 1. The summed E-state index contributed by atoms with van der Waals surface area (Å²) in [5.74, 6) is 0.331. The fraction of sp³-hybridized carbons (Fsp3) is 0.938. The summed E-state index contributed by atoms with van der Waals surface area (Å²) in [6.45, 7) is 12.6. The highest BCUT2D eigenvalue weighted by Gasteiger charge is 2.21. The summed E-state index contributed by atoms with van der Waals surface area (Å²) in [5.41, 5.74) is 5.86. The van der Waals surface area contributed by atoms with Crippen molar-refractivity contribution in [1.29, 1.82) is 0 Å². The van der Waals surface area contributed by atoms with Crippen LogP contribution in [0, 0.1) is 5.41 Å². The van der Waals surface area contributed by atoms with Gasteiger partial charge in [-0.2, -0.15) is 0 Å². The number of unbranched alkanes of at least 4 members (excludes halogenated alkanes) is 2. The third-order valence-electron chi connectivity index (χ3n) is 4.00. The van der Waals surface area contributed by atoms with Crippen molar-refractivity contribution in [1.82, 2.24) is 9.80 Å². The maximum atomic E-state index is 12.1. The summed E-state index contributed by atoms with van der Waals surface area (Å²) in [4.78, 5) is 16.6. The van der Waals surface area contributed by atoms with Gasteiger partial charge in [-0.1, -0.05) is 27.2 Å². The number of rotatable bonds is 7. The normalized spacial score (nSPS) is 17.5. The smallest absolute Gasteiger partial charge is 0.222 e. The van der Waals surface area contributed by atoms with Crippen molar-refractivity contribution in [2.75, 3.05) is 39.3 Å². The zero-order valence-electron chi connectivity index (χ0n) is 13.7. The van der Waals surface area contributed by atoms with Crippen LogP contribution in [0.5, 0.6) is 0 Å². The second-order valence-corrected chi connectivity index (χ2v) is 7.13. The van der Waals surface area contributed by atoms with E-state index in [9.17, 15) is 4.79 Å². The summed E-state index contributed by atoms with van der Waals surface area (Å²) >= 11 is 0. The molecule has 0 aromatic carbocycles. The van der Waals surface area contributed by atoms with E-state index < -0.39 is 0 Å². The largest absolute Gasteiger partial charge is 0.340 e. The van der Waals surface area contributed by atoms with Gasteiger partial charge in [-0.15, -0.1) is 0 Å². The topological polar surface area (TPSA) is 49.6 Å². The van der Waals surface area contributed by atoms with E-state index in [0.717, 1.165) is 58.5 Å². The summed E-state index contributed by atoms with van der Waals surface area (Å²) in [6.07, 6.45) is 5.02. The van der Waals surface area contributed by atoms with E-state index in [1.165, 1.54) is 6.42 Å². The van der Waals surface area contributed by atoms with E-state index in [1.807, 2.05) is 4.90 Å². The molecule has 118 valence electrons. The summed E-state index contributed by atoms with van der Waals surface area (Å²) in [7, 11) is 0. The second kappa shape index (κ2) is 8.63. The predicted molar refractivity (Wildman–Crippen MR) is 84.6 cm³/mol. The summed E-state index contributed by atoms with van der Waals surface area (Å²) in [5, 5.41) is 0. The van der Waals surface area contributed by atoms with E-state index in [1.54, 1.807) is 0 Å². The van der Waals surface area contributed by atoms with Gasteiger partial charge >= 0.3 is 0 Å². The highest BCUT2D eigenvalue weighted by Crippen LogP contribution is 2.19. The van der Waals surface area contributed by atoms with Gasteiger partial charge in [0, 0.05) is 32.6 Å². The second-order valence-electron chi connectivity index (χ2n) is 7.13. The van der Waals surface area contributed by atoms with Crippen LogP contribution >= 0.6 is 0 Å². The molecule has 0 saturated carbocycles. The van der Waals surface area contributed by atoms with Gasteiger partial charge in [-0.25, -0.2) is 0 Å². The van der Waals surface area contributed by atoms with Gasteiger partial charge < -0.3 is 10.6 Å². The predicted octanol–water partition coefficient (Wildman–Crippen LogP) is 2.09. The molecular formula is C16H33N3O. The lowest BCUT2D eigenvalue weighted by Gasteiger charge is -2.36. The Morgan fingerprint density at radius 2 is 1.70 bits per heavy atom. The minimum Gasteiger partial charge on any atom is -0.340 e. The van der Waals surface area contributed by atoms with Gasteiger partial charge in [-0.05, 0) is 37.8 Å². The van der Waals surface area contributed by atoms with Crippen LogP contribution in [0.1, 0.15) is 52.9 Å². The van der Waals surface area contributed by atoms with E-state index in [4.69, 9.17) is 5.73 Å². The molecule has 1 saturated heterocycles. The monoisotopic (exact) mass is 283 g/mol. The molecule has 20 heavy (non-hydrogen) atoms. The van der Waals surface area contributed by atoms with Crippen LogP contribution in [-0.4, -0.2) is 55.0 Å². The Hall–Kier alpha value is -0.610. The molecule has 0 radical (unpaired) electrons. The van der Waals surface area contributed by atoms with Crippen LogP contribution in [0.2, 0.25) is 0 Å². The van der Waals surface area contributed by atoms with Crippen LogP contribution in [-0.2, 0) is 4.79 Å². The molecule has 1 fully saturated rings. The summed E-state index contributed by atoms with van der Waals surface area (Å²) < 4.78 is 0. The Balaban J connectivity index is 2.16. The number of hydrogen-bond acceptors (Lipinski definition) is 3. The number of carbonyl (C=O) groups is 1. The third-order valence-corrected chi connectivity index (χ3v) is 4.00. The Labute approximate surface area is 124 Å². The first kappa shape index (κ1) is 17.4. The van der Waals surface area contributed by atoms with Crippen molar-refractivity contribution in [2.45, 2.75) is 52.9 Å². The molecule has 1 rings (SSSR count). The third kappa shape index (κ3) is 7.25. The lowest BCUT2D eigenvalue weighted by atomic mass is 9.92. The van der Waals surface area contributed by atoms with Crippen molar-refractivity contribution < 1.29 is 4.79 Å². The molecule has 1 amide bonds. The number of nitrogens with zero attached hydrogens (tertiary/aromatic N) is 2. The molecule has 0 aromatic heterocycles. The Bertz CT molecular complexity index is 278. The molecule has 0 atom stereocenters. The zero-order chi connectivity index (χ0) is 15.0. The molecule has 1 aliphatic rings. The van der Waals surface area contributed by atoms with Crippen LogP contribution < -0.4 is 5.73 Å². The van der Waals surface area contributed by atoms with Crippen molar-refractivity contribution in [3.05, 3.63) is 0 Å². The summed E-state index contributed by atoms with van der Waals surface area (Å²) in [6, 6.07) is 0. The molecule has 1 heterocycles. The molecule has 2 N–H and O–H groups in total. The van der Waals surface area contributed by atoms with E-state index in [0.29, 0.717) is 17.7 Å². The fourth-order valence-corrected chi connectivity index (χ4v) is 2.47. The van der Waals surface area contributed by atoms with Gasteiger partial charge in [-0.3, -0.25) is 9.69 Å². The number of hydrogen-bond donors (Lipinski definition) is 1. The van der Waals surface area contributed by atoms with Gasteiger partial charge in [0.15, 0.2) is 0 Å². The van der Waals surface area contributed by atoms with Crippen LogP contribution in [0.3, 0.4) is 0 Å². The number of piperazine rings is 1. The SMILES string of the molecule is CC(C)(C)CCN1CCN(C(=O)CCCCCN)CC1. The molecule has 0 aliphatic carbocycles. The van der Waals surface area contributed by atoms with E-state index >= 15 is 0 Å². The lowest BCUT2D eigenvalue weighted by Crippen LogP contribution is -2.49. The van der Waals surface area contributed by atoms with Gasteiger partial charge in [0.05, 0.1) is 0 Å². The zero-order valence-corrected chi connectivity index (χ0v) is 13.7. The first-order valence-electron chi connectivity index (χ1n) is 8.12. The van der Waals surface area contributed by atoms with Crippen molar-refractivity contribution in [3.63, 3.8) is 0 Å². The first-order valence-corrected chi connectivity index (χ1v) is 8.12. The quantitative estimate of drug-likeness (QED) is 0.728. The molecule has 0 aromatic rings. The molecule has 1 aliphatic heterocycles. The van der Waals surface area contributed by atoms with Crippen molar-refractivity contribution in [3.8, 4) is 0 Å². The van der Waals surface area contributed by atoms with Crippen molar-refractivity contribution >= 4 is 5.91 Å². The molecule has 0 unspecified atom stereocenters. The van der Waals surface area contributed by atoms with Crippen LogP contribution in [0.25, 0.3) is 0 Å². The van der Waals surface area contributed by atoms with Crippen LogP contribution in [0.4, 0.5) is 0 Å². The Kier molecular flexibility index (Phi) is 7.52. The van der Waals surface area contributed by atoms with E-state index in [-0.39, 0.29) is 0 Å².